The summed E-state index contributed by atoms with van der Waals surface area (Å²) < 4.78 is 11.3. The number of piperidine rings is 2. The number of nitrogens with zero attached hydrogens (tertiary/aromatic N) is 4. The number of carbonyl (C=O) groups is 3. The Morgan fingerprint density at radius 1 is 0.885 bits per heavy atom. The monoisotopic (exact) mass is 754 g/mol. The van der Waals surface area contributed by atoms with Crippen LogP contribution in [0.25, 0.3) is 0 Å². The van der Waals surface area contributed by atoms with E-state index in [1.807, 2.05) is 66.7 Å². The summed E-state index contributed by atoms with van der Waals surface area (Å²) in [5.41, 5.74) is 0.942. The highest BCUT2D eigenvalue weighted by molar-refractivity contribution is 5.85. The summed E-state index contributed by atoms with van der Waals surface area (Å²) >= 11 is 0. The van der Waals surface area contributed by atoms with Crippen LogP contribution in [0.4, 0.5) is 14.4 Å². The summed E-state index contributed by atoms with van der Waals surface area (Å²) in [6.45, 7) is 8.54. The van der Waals surface area contributed by atoms with Crippen molar-refractivity contribution in [1.29, 1.82) is 0 Å². The quantitative estimate of drug-likeness (QED) is 0.270. The first-order valence-corrected chi connectivity index (χ1v) is 17.6. The number of alkyl carbamates (subject to hydrolysis) is 1. The van der Waals surface area contributed by atoms with Crippen molar-refractivity contribution in [3.05, 3.63) is 96.1 Å². The van der Waals surface area contributed by atoms with E-state index in [1.165, 1.54) is 0 Å². The molecule has 2 aliphatic heterocycles. The number of aromatic nitrogens is 2. The number of ether oxygens (including phenoxy) is 2. The first-order valence-electron chi connectivity index (χ1n) is 17.6. The maximum absolute atomic E-state index is 14.0. The van der Waals surface area contributed by atoms with Gasteiger partial charge in [0.15, 0.2) is 0 Å². The summed E-state index contributed by atoms with van der Waals surface area (Å²) in [5.74, 6) is 0.783. The number of rotatable bonds is 8. The lowest BCUT2D eigenvalue weighted by molar-refractivity contribution is -0.116. The van der Waals surface area contributed by atoms with E-state index >= 15 is 0 Å². The SMILES string of the molecule is CC(C)(C)OC(=O)N(CC1(c2ccccn2)C2CCNCC21)OC(=O)N1CCC2C(C1)C2(CNC(=O)OCc1ccccc1)c1ccccn1.Cl.Cl. The molecule has 14 heteroatoms. The van der Waals surface area contributed by atoms with Gasteiger partial charge in [-0.1, -0.05) is 42.5 Å². The van der Waals surface area contributed by atoms with Gasteiger partial charge < -0.3 is 29.8 Å². The Kier molecular flexibility index (Phi) is 11.9. The molecule has 7 rings (SSSR count). The van der Waals surface area contributed by atoms with Crippen LogP contribution >= 0.6 is 24.8 Å². The van der Waals surface area contributed by atoms with Crippen molar-refractivity contribution >= 4 is 43.1 Å². The Morgan fingerprint density at radius 3 is 2.15 bits per heavy atom. The predicted octanol–water partition coefficient (Wildman–Crippen LogP) is 5.90. The maximum atomic E-state index is 14.0. The fourth-order valence-electron chi connectivity index (χ4n) is 8.58. The second-order valence-corrected chi connectivity index (χ2v) is 15.0. The lowest BCUT2D eigenvalue weighted by atomic mass is 9.95. The van der Waals surface area contributed by atoms with Gasteiger partial charge in [0.2, 0.25) is 0 Å². The molecule has 280 valence electrons. The molecule has 2 saturated heterocycles. The Hall–Kier alpha value is -4.13. The van der Waals surface area contributed by atoms with Crippen LogP contribution in [0.5, 0.6) is 0 Å². The lowest BCUT2D eigenvalue weighted by Crippen LogP contribution is -2.47. The number of amides is 3. The molecule has 0 spiro atoms. The van der Waals surface area contributed by atoms with E-state index in [9.17, 15) is 14.4 Å². The number of hydrogen-bond donors (Lipinski definition) is 2. The van der Waals surface area contributed by atoms with Gasteiger partial charge in [0.05, 0.1) is 6.54 Å². The molecule has 2 aliphatic carbocycles. The van der Waals surface area contributed by atoms with E-state index < -0.39 is 34.7 Å². The smallest absolute Gasteiger partial charge is 0.443 e. The molecule has 2 saturated carbocycles. The van der Waals surface area contributed by atoms with E-state index in [-0.39, 0.29) is 55.7 Å². The molecule has 4 heterocycles. The maximum Gasteiger partial charge on any atom is 0.443 e. The second kappa shape index (κ2) is 15.9. The zero-order valence-electron chi connectivity index (χ0n) is 29.7. The molecule has 12 nitrogen and oxygen atoms in total. The Bertz CT molecular complexity index is 1670. The summed E-state index contributed by atoms with van der Waals surface area (Å²) in [4.78, 5) is 57.5. The summed E-state index contributed by atoms with van der Waals surface area (Å²) in [7, 11) is 0. The van der Waals surface area contributed by atoms with Crippen LogP contribution in [0.2, 0.25) is 0 Å². The highest BCUT2D eigenvalue weighted by Gasteiger charge is 2.69. The van der Waals surface area contributed by atoms with E-state index in [1.54, 1.807) is 38.1 Å². The van der Waals surface area contributed by atoms with Crippen LogP contribution in [0.1, 0.15) is 50.6 Å². The molecule has 6 unspecified atom stereocenters. The van der Waals surface area contributed by atoms with Gasteiger partial charge in [-0.25, -0.2) is 14.4 Å². The summed E-state index contributed by atoms with van der Waals surface area (Å²) in [6, 6.07) is 21.1. The molecule has 3 aromatic rings. The van der Waals surface area contributed by atoms with Crippen LogP contribution in [-0.2, 0) is 31.7 Å². The Balaban J connectivity index is 0.00000261. The van der Waals surface area contributed by atoms with Gasteiger partial charge in [-0.05, 0) is 100 Å². The van der Waals surface area contributed by atoms with Crippen LogP contribution in [0.3, 0.4) is 0 Å². The molecule has 52 heavy (non-hydrogen) atoms. The number of benzene rings is 1. The number of likely N-dealkylation sites (tertiary alicyclic amines) is 1. The zero-order valence-corrected chi connectivity index (χ0v) is 31.4. The van der Waals surface area contributed by atoms with Gasteiger partial charge in [0.25, 0.3) is 0 Å². The van der Waals surface area contributed by atoms with Gasteiger partial charge in [-0.3, -0.25) is 9.97 Å². The molecule has 6 atom stereocenters. The molecule has 2 N–H and O–H groups in total. The number of halogens is 2. The fraction of sp³-hybridized carbons (Fsp3) is 0.500. The van der Waals surface area contributed by atoms with Crippen molar-refractivity contribution in [2.45, 2.75) is 56.7 Å². The Morgan fingerprint density at radius 2 is 1.54 bits per heavy atom. The normalized spacial score (nSPS) is 26.9. The molecular formula is C38H48Cl2N6O6. The minimum absolute atomic E-state index is 0. The van der Waals surface area contributed by atoms with Gasteiger partial charge in [0, 0.05) is 54.2 Å². The average molecular weight is 756 g/mol. The number of hydrogen-bond acceptors (Lipinski definition) is 9. The van der Waals surface area contributed by atoms with Crippen molar-refractivity contribution in [3.63, 3.8) is 0 Å². The van der Waals surface area contributed by atoms with Gasteiger partial charge in [-0.15, -0.1) is 29.9 Å². The van der Waals surface area contributed by atoms with Crippen LogP contribution in [0.15, 0.2) is 79.1 Å². The molecule has 3 amide bonds. The van der Waals surface area contributed by atoms with Crippen LogP contribution in [-0.4, -0.2) is 83.1 Å². The van der Waals surface area contributed by atoms with E-state index in [0.29, 0.717) is 32.0 Å². The molecule has 0 radical (unpaired) electrons. The van der Waals surface area contributed by atoms with Crippen LogP contribution in [0, 0.1) is 23.7 Å². The number of fused-ring (bicyclic) bond motifs is 2. The molecule has 1 aromatic carbocycles. The Labute approximate surface area is 317 Å². The zero-order chi connectivity index (χ0) is 34.9. The molecule has 2 aromatic heterocycles. The van der Waals surface area contributed by atoms with E-state index in [0.717, 1.165) is 41.5 Å². The number of carbonyl (C=O) groups excluding carboxylic acids is 3. The second-order valence-electron chi connectivity index (χ2n) is 15.0. The topological polar surface area (TPSA) is 135 Å². The molecule has 4 aliphatic rings. The van der Waals surface area contributed by atoms with Crippen molar-refractivity contribution in [2.24, 2.45) is 23.7 Å². The highest BCUT2D eigenvalue weighted by Crippen LogP contribution is 2.63. The fourth-order valence-corrected chi connectivity index (χ4v) is 8.58. The highest BCUT2D eigenvalue weighted by atomic mass is 35.5. The van der Waals surface area contributed by atoms with Crippen molar-refractivity contribution in [2.75, 3.05) is 39.3 Å². The first-order chi connectivity index (χ1) is 24.1. The number of pyridine rings is 2. The van der Waals surface area contributed by atoms with Crippen molar-refractivity contribution < 1.29 is 28.7 Å². The van der Waals surface area contributed by atoms with Gasteiger partial charge in [0.1, 0.15) is 12.2 Å². The largest absolute Gasteiger partial charge is 0.445 e. The van der Waals surface area contributed by atoms with Crippen molar-refractivity contribution in [1.82, 2.24) is 30.6 Å². The number of nitrogens with one attached hydrogen (secondary N) is 2. The predicted molar refractivity (Wildman–Crippen MR) is 198 cm³/mol. The van der Waals surface area contributed by atoms with E-state index in [2.05, 4.69) is 15.6 Å². The minimum atomic E-state index is -0.790. The van der Waals surface area contributed by atoms with E-state index in [4.69, 9.17) is 19.3 Å². The third kappa shape index (κ3) is 7.79. The average Bonchev–Trinajstić information content (AvgIpc) is 4.00. The third-order valence-electron chi connectivity index (χ3n) is 11.0. The first kappa shape index (κ1) is 39.1. The molecule has 0 bridgehead atoms. The summed E-state index contributed by atoms with van der Waals surface area (Å²) in [6.07, 6.45) is 3.33. The minimum Gasteiger partial charge on any atom is -0.445 e. The standard InChI is InChI=1S/C38H46N6O6.2ClH/c1-36(2,3)49-35(47)44(25-38(32-14-8-10-18-41-32)27-15-19-39-21-29(27)38)50-34(46)43-20-16-28-30(22-43)37(28,31-13-7-9-17-40-31)24-42-33(45)48-23-26-11-5-4-6-12-26;;/h4-14,17-18,27-30,39H,15-16,19-25H2,1-3H3,(H,42,45);2*1H. The molecule has 4 fully saturated rings. The summed E-state index contributed by atoms with van der Waals surface area (Å²) in [5, 5.41) is 7.58. The van der Waals surface area contributed by atoms with Gasteiger partial charge >= 0.3 is 18.3 Å². The van der Waals surface area contributed by atoms with Crippen LogP contribution < -0.4 is 10.6 Å². The van der Waals surface area contributed by atoms with Crippen molar-refractivity contribution in [3.8, 4) is 0 Å². The number of hydroxylamine groups is 2. The molecular weight excluding hydrogens is 707 g/mol. The lowest BCUT2D eigenvalue weighted by Gasteiger charge is -2.32. The van der Waals surface area contributed by atoms with Gasteiger partial charge in [-0.2, -0.15) is 0 Å². The third-order valence-corrected chi connectivity index (χ3v) is 11.0.